The predicted octanol–water partition coefficient (Wildman–Crippen LogP) is 3.30. The van der Waals surface area contributed by atoms with Gasteiger partial charge in [-0.1, -0.05) is 30.2 Å². The van der Waals surface area contributed by atoms with Crippen LogP contribution in [-0.2, 0) is 6.54 Å². The van der Waals surface area contributed by atoms with Gasteiger partial charge in [0, 0.05) is 18.1 Å². The maximum absolute atomic E-state index is 7.73. The van der Waals surface area contributed by atoms with Gasteiger partial charge in [0.25, 0.3) is 0 Å². The first-order chi connectivity index (χ1) is 10.6. The van der Waals surface area contributed by atoms with Crippen LogP contribution in [0.1, 0.15) is 37.7 Å². The van der Waals surface area contributed by atoms with Crippen molar-refractivity contribution < 1.29 is 0 Å². The minimum absolute atomic E-state index is 0.148. The molecular formula is C17H27ClN4. The van der Waals surface area contributed by atoms with E-state index in [0.717, 1.165) is 23.6 Å². The Bertz CT molecular complexity index is 454. The second-order valence-electron chi connectivity index (χ2n) is 6.04. The lowest BCUT2D eigenvalue weighted by molar-refractivity contribution is 0.321. The van der Waals surface area contributed by atoms with Crippen molar-refractivity contribution in [3.8, 4) is 0 Å². The van der Waals surface area contributed by atoms with Gasteiger partial charge in [0.1, 0.15) is 0 Å². The van der Waals surface area contributed by atoms with E-state index in [1.165, 1.54) is 45.3 Å². The molecule has 1 aromatic carbocycles. The molecule has 1 saturated heterocycles. The van der Waals surface area contributed by atoms with E-state index in [1.54, 1.807) is 0 Å². The maximum atomic E-state index is 7.73. The molecule has 4 nitrogen and oxygen atoms in total. The van der Waals surface area contributed by atoms with Crippen LogP contribution in [-0.4, -0.2) is 41.9 Å². The first-order valence-electron chi connectivity index (χ1n) is 8.21. The van der Waals surface area contributed by atoms with Gasteiger partial charge in [-0.3, -0.25) is 5.41 Å². The molecule has 3 N–H and O–H groups in total. The molecule has 1 fully saturated rings. The molecule has 0 amide bonds. The summed E-state index contributed by atoms with van der Waals surface area (Å²) in [6.45, 7) is 5.29. The molecule has 0 bridgehead atoms. The molecular weight excluding hydrogens is 296 g/mol. The lowest BCUT2D eigenvalue weighted by Crippen LogP contribution is -2.36. The van der Waals surface area contributed by atoms with E-state index < -0.39 is 0 Å². The van der Waals surface area contributed by atoms with Crippen LogP contribution >= 0.6 is 11.6 Å². The molecule has 0 atom stereocenters. The summed E-state index contributed by atoms with van der Waals surface area (Å²) in [7, 11) is 0. The van der Waals surface area contributed by atoms with E-state index in [-0.39, 0.29) is 5.96 Å². The summed E-state index contributed by atoms with van der Waals surface area (Å²) in [5, 5.41) is 8.47. The van der Waals surface area contributed by atoms with Gasteiger partial charge in [0.15, 0.2) is 5.96 Å². The number of nitrogens with two attached hydrogens (primary N) is 1. The highest BCUT2D eigenvalue weighted by atomic mass is 35.5. The Morgan fingerprint density at radius 2 is 1.82 bits per heavy atom. The Balaban J connectivity index is 1.67. The van der Waals surface area contributed by atoms with Crippen LogP contribution in [0, 0.1) is 5.41 Å². The number of nitrogens with one attached hydrogen (secondary N) is 1. The molecule has 0 spiro atoms. The molecule has 22 heavy (non-hydrogen) atoms. The number of unbranched alkanes of at least 4 members (excludes halogenated alkanes) is 2. The van der Waals surface area contributed by atoms with Crippen molar-refractivity contribution >= 4 is 17.6 Å². The average molecular weight is 323 g/mol. The molecule has 2 rings (SSSR count). The zero-order valence-corrected chi connectivity index (χ0v) is 14.0. The monoisotopic (exact) mass is 322 g/mol. The number of benzene rings is 1. The maximum Gasteiger partial charge on any atom is 0.188 e. The molecule has 0 unspecified atom stereocenters. The zero-order valence-electron chi connectivity index (χ0n) is 13.2. The van der Waals surface area contributed by atoms with E-state index in [0.29, 0.717) is 6.54 Å². The second kappa shape index (κ2) is 9.01. The normalized spacial score (nSPS) is 15.1. The van der Waals surface area contributed by atoms with E-state index in [1.807, 2.05) is 29.2 Å². The van der Waals surface area contributed by atoms with Gasteiger partial charge in [-0.2, -0.15) is 0 Å². The Morgan fingerprint density at radius 1 is 1.14 bits per heavy atom. The minimum atomic E-state index is 0.148. The van der Waals surface area contributed by atoms with Gasteiger partial charge in [-0.15, -0.1) is 0 Å². The van der Waals surface area contributed by atoms with Gasteiger partial charge < -0.3 is 15.5 Å². The predicted molar refractivity (Wildman–Crippen MR) is 93.3 cm³/mol. The van der Waals surface area contributed by atoms with Crippen LogP contribution in [0.3, 0.4) is 0 Å². The lowest BCUT2D eigenvalue weighted by Gasteiger charge is -2.23. The minimum Gasteiger partial charge on any atom is -0.370 e. The van der Waals surface area contributed by atoms with Gasteiger partial charge >= 0.3 is 0 Å². The summed E-state index contributed by atoms with van der Waals surface area (Å²) < 4.78 is 0. The number of halogens is 1. The van der Waals surface area contributed by atoms with Gasteiger partial charge in [-0.25, -0.2) is 0 Å². The van der Waals surface area contributed by atoms with Crippen LogP contribution < -0.4 is 5.73 Å². The van der Waals surface area contributed by atoms with Crippen molar-refractivity contribution in [1.82, 2.24) is 9.80 Å². The third-order valence-electron chi connectivity index (χ3n) is 4.23. The molecule has 1 aliphatic heterocycles. The quantitative estimate of drug-likeness (QED) is 0.438. The van der Waals surface area contributed by atoms with Crippen LogP contribution in [0.5, 0.6) is 0 Å². The van der Waals surface area contributed by atoms with Crippen molar-refractivity contribution in [2.75, 3.05) is 26.2 Å². The third-order valence-corrected chi connectivity index (χ3v) is 4.48. The van der Waals surface area contributed by atoms with Crippen LogP contribution in [0.2, 0.25) is 5.02 Å². The van der Waals surface area contributed by atoms with Crippen LogP contribution in [0.15, 0.2) is 24.3 Å². The fraction of sp³-hybridized carbons (Fsp3) is 0.588. The van der Waals surface area contributed by atoms with Crippen molar-refractivity contribution in [1.29, 1.82) is 5.41 Å². The molecule has 0 aromatic heterocycles. The summed E-state index contributed by atoms with van der Waals surface area (Å²) >= 11 is 5.90. The van der Waals surface area contributed by atoms with Gasteiger partial charge in [0.05, 0.1) is 0 Å². The molecule has 122 valence electrons. The van der Waals surface area contributed by atoms with E-state index in [9.17, 15) is 0 Å². The summed E-state index contributed by atoms with van der Waals surface area (Å²) in [5.74, 6) is 0.148. The summed E-state index contributed by atoms with van der Waals surface area (Å²) in [4.78, 5) is 4.48. The molecule has 5 heteroatoms. The molecule has 1 aromatic rings. The van der Waals surface area contributed by atoms with E-state index in [4.69, 9.17) is 22.7 Å². The smallest absolute Gasteiger partial charge is 0.188 e. The largest absolute Gasteiger partial charge is 0.370 e. The first-order valence-corrected chi connectivity index (χ1v) is 8.59. The fourth-order valence-electron chi connectivity index (χ4n) is 2.92. The number of hydrogen-bond acceptors (Lipinski definition) is 2. The highest BCUT2D eigenvalue weighted by Crippen LogP contribution is 2.13. The second-order valence-corrected chi connectivity index (χ2v) is 6.48. The summed E-state index contributed by atoms with van der Waals surface area (Å²) in [6.07, 6.45) is 6.24. The SMILES string of the molecule is N=C(N)N(CCCCCN1CCCC1)Cc1ccc(Cl)cc1. The molecule has 1 aliphatic rings. The average Bonchev–Trinajstić information content (AvgIpc) is 3.01. The summed E-state index contributed by atoms with van der Waals surface area (Å²) in [5.41, 5.74) is 6.84. The molecule has 0 radical (unpaired) electrons. The van der Waals surface area contributed by atoms with Crippen molar-refractivity contribution in [2.45, 2.75) is 38.6 Å². The van der Waals surface area contributed by atoms with Gasteiger partial charge in [0.2, 0.25) is 0 Å². The highest BCUT2D eigenvalue weighted by Gasteiger charge is 2.11. The fourth-order valence-corrected chi connectivity index (χ4v) is 3.04. The Kier molecular flexibility index (Phi) is 7.00. The van der Waals surface area contributed by atoms with Crippen molar-refractivity contribution in [3.63, 3.8) is 0 Å². The van der Waals surface area contributed by atoms with E-state index >= 15 is 0 Å². The number of nitrogens with zero attached hydrogens (tertiary/aromatic N) is 2. The molecule has 0 aliphatic carbocycles. The highest BCUT2D eigenvalue weighted by molar-refractivity contribution is 6.30. The van der Waals surface area contributed by atoms with Gasteiger partial charge in [-0.05, 0) is 63.0 Å². The number of rotatable bonds is 8. The van der Waals surface area contributed by atoms with Crippen molar-refractivity contribution in [2.24, 2.45) is 5.73 Å². The topological polar surface area (TPSA) is 56.4 Å². The third kappa shape index (κ3) is 5.85. The van der Waals surface area contributed by atoms with E-state index in [2.05, 4.69) is 4.90 Å². The first kappa shape index (κ1) is 17.1. The van der Waals surface area contributed by atoms with Crippen molar-refractivity contribution in [3.05, 3.63) is 34.9 Å². The zero-order chi connectivity index (χ0) is 15.8. The Morgan fingerprint density at radius 3 is 2.45 bits per heavy atom. The van der Waals surface area contributed by atoms with Crippen LogP contribution in [0.25, 0.3) is 0 Å². The van der Waals surface area contributed by atoms with Crippen LogP contribution in [0.4, 0.5) is 0 Å². The summed E-state index contributed by atoms with van der Waals surface area (Å²) in [6, 6.07) is 7.74. The number of likely N-dealkylation sites (tertiary alicyclic amines) is 1. The Labute approximate surface area is 138 Å². The number of guanidine groups is 1. The Hall–Kier alpha value is -1.26. The lowest BCUT2D eigenvalue weighted by atomic mass is 10.2. The standard InChI is InChI=1S/C17H27ClN4/c18-16-8-6-15(7-9-16)14-22(17(19)20)13-3-1-2-10-21-11-4-5-12-21/h6-9H,1-5,10-14H2,(H3,19,20). The molecule has 1 heterocycles. The molecule has 0 saturated carbocycles. The number of hydrogen-bond donors (Lipinski definition) is 2.